The van der Waals surface area contributed by atoms with Crippen LogP contribution in [0.15, 0.2) is 30.3 Å². The van der Waals surface area contributed by atoms with Gasteiger partial charge in [-0.25, -0.2) is 4.79 Å². The molecule has 23 heavy (non-hydrogen) atoms. The molecule has 2 unspecified atom stereocenters. The molecule has 0 fully saturated rings. The molecular formula is C16H24N2O5. The van der Waals surface area contributed by atoms with Crippen molar-refractivity contribution in [2.24, 2.45) is 0 Å². The van der Waals surface area contributed by atoms with Gasteiger partial charge >= 0.3 is 11.9 Å². The van der Waals surface area contributed by atoms with E-state index in [1.54, 1.807) is 24.3 Å². The average molecular weight is 324 g/mol. The van der Waals surface area contributed by atoms with Crippen LogP contribution in [0.5, 0.6) is 0 Å². The third kappa shape index (κ3) is 7.42. The van der Waals surface area contributed by atoms with Crippen molar-refractivity contribution >= 4 is 17.8 Å². The summed E-state index contributed by atoms with van der Waals surface area (Å²) in [4.78, 5) is 33.9. The summed E-state index contributed by atoms with van der Waals surface area (Å²) in [5.41, 5.74) is 0.793. The van der Waals surface area contributed by atoms with Crippen molar-refractivity contribution in [2.45, 2.75) is 38.8 Å². The molecule has 1 amide bonds. The number of hydrogen-bond acceptors (Lipinski definition) is 4. The third-order valence-electron chi connectivity index (χ3n) is 3.21. The average Bonchev–Trinajstić information content (AvgIpc) is 2.47. The SMILES string of the molecule is C.CNC(CCC(=O)O)C(=O)NC(Cc1ccccc1)C(=O)O. The van der Waals surface area contributed by atoms with Crippen molar-refractivity contribution in [3.63, 3.8) is 0 Å². The zero-order chi connectivity index (χ0) is 16.5. The number of likely N-dealkylation sites (N-methyl/N-ethyl adjacent to an activating group) is 1. The van der Waals surface area contributed by atoms with Gasteiger partial charge in [0, 0.05) is 12.8 Å². The van der Waals surface area contributed by atoms with Crippen molar-refractivity contribution in [1.82, 2.24) is 10.6 Å². The molecule has 0 heterocycles. The van der Waals surface area contributed by atoms with Crippen LogP contribution in [0.25, 0.3) is 0 Å². The Morgan fingerprint density at radius 1 is 1.09 bits per heavy atom. The first-order valence-electron chi connectivity index (χ1n) is 6.90. The number of carboxylic acids is 2. The second-order valence-corrected chi connectivity index (χ2v) is 4.86. The molecule has 1 aromatic carbocycles. The molecule has 0 spiro atoms. The van der Waals surface area contributed by atoms with Gasteiger partial charge in [-0.2, -0.15) is 0 Å². The maximum atomic E-state index is 12.1. The monoisotopic (exact) mass is 324 g/mol. The zero-order valence-electron chi connectivity index (χ0n) is 12.3. The van der Waals surface area contributed by atoms with Crippen LogP contribution in [-0.2, 0) is 20.8 Å². The van der Waals surface area contributed by atoms with Gasteiger partial charge in [-0.1, -0.05) is 37.8 Å². The largest absolute Gasteiger partial charge is 0.481 e. The molecule has 7 nitrogen and oxygen atoms in total. The lowest BCUT2D eigenvalue weighted by Gasteiger charge is -2.19. The van der Waals surface area contributed by atoms with E-state index in [-0.39, 0.29) is 26.7 Å². The first-order chi connectivity index (χ1) is 10.4. The molecule has 1 aromatic rings. The molecule has 0 aliphatic heterocycles. The van der Waals surface area contributed by atoms with E-state index in [1.807, 2.05) is 6.07 Å². The van der Waals surface area contributed by atoms with Crippen LogP contribution in [0.2, 0.25) is 0 Å². The smallest absolute Gasteiger partial charge is 0.326 e. The van der Waals surface area contributed by atoms with E-state index in [0.717, 1.165) is 5.56 Å². The van der Waals surface area contributed by atoms with Gasteiger partial charge < -0.3 is 20.8 Å². The highest BCUT2D eigenvalue weighted by Gasteiger charge is 2.25. The molecule has 0 radical (unpaired) electrons. The van der Waals surface area contributed by atoms with Crippen LogP contribution in [0.4, 0.5) is 0 Å². The topological polar surface area (TPSA) is 116 Å². The van der Waals surface area contributed by atoms with Gasteiger partial charge in [0.1, 0.15) is 6.04 Å². The van der Waals surface area contributed by atoms with E-state index < -0.39 is 29.9 Å². The molecule has 4 N–H and O–H groups in total. The molecule has 0 saturated heterocycles. The Morgan fingerprint density at radius 3 is 2.17 bits per heavy atom. The van der Waals surface area contributed by atoms with Crippen LogP contribution >= 0.6 is 0 Å². The first kappa shape index (κ1) is 20.6. The molecule has 0 aliphatic carbocycles. The summed E-state index contributed by atoms with van der Waals surface area (Å²) in [7, 11) is 1.53. The van der Waals surface area contributed by atoms with Crippen LogP contribution < -0.4 is 10.6 Å². The van der Waals surface area contributed by atoms with E-state index in [4.69, 9.17) is 5.11 Å². The van der Waals surface area contributed by atoms with Gasteiger partial charge in [0.25, 0.3) is 0 Å². The highest BCUT2D eigenvalue weighted by Crippen LogP contribution is 2.05. The molecule has 1 rings (SSSR count). The number of carbonyl (C=O) groups is 3. The Balaban J connectivity index is 0.00000484. The van der Waals surface area contributed by atoms with Gasteiger partial charge in [-0.3, -0.25) is 9.59 Å². The highest BCUT2D eigenvalue weighted by atomic mass is 16.4. The minimum absolute atomic E-state index is 0. The third-order valence-corrected chi connectivity index (χ3v) is 3.21. The van der Waals surface area contributed by atoms with Crippen molar-refractivity contribution < 1.29 is 24.6 Å². The van der Waals surface area contributed by atoms with E-state index in [0.29, 0.717) is 0 Å². The normalized spacial score (nSPS) is 12.6. The minimum atomic E-state index is -1.13. The lowest BCUT2D eigenvalue weighted by Crippen LogP contribution is -2.50. The van der Waals surface area contributed by atoms with Crippen molar-refractivity contribution in [3.05, 3.63) is 35.9 Å². The summed E-state index contributed by atoms with van der Waals surface area (Å²) in [6, 6.07) is 7.16. The fourth-order valence-corrected chi connectivity index (χ4v) is 2.00. The molecule has 0 aromatic heterocycles. The Bertz CT molecular complexity index is 518. The van der Waals surface area contributed by atoms with Gasteiger partial charge in [0.15, 0.2) is 0 Å². The summed E-state index contributed by atoms with van der Waals surface area (Å²) in [5, 5.41) is 23.0. The second kappa shape index (κ2) is 10.3. The van der Waals surface area contributed by atoms with Gasteiger partial charge in [0.2, 0.25) is 5.91 Å². The van der Waals surface area contributed by atoms with Gasteiger partial charge in [-0.05, 0) is 19.0 Å². The fourth-order valence-electron chi connectivity index (χ4n) is 2.00. The lowest BCUT2D eigenvalue weighted by molar-refractivity contribution is -0.142. The number of carbonyl (C=O) groups excluding carboxylic acids is 1. The molecular weight excluding hydrogens is 300 g/mol. The van der Waals surface area contributed by atoms with Crippen LogP contribution in [0, 0.1) is 0 Å². The second-order valence-electron chi connectivity index (χ2n) is 4.86. The van der Waals surface area contributed by atoms with Crippen LogP contribution in [0.3, 0.4) is 0 Å². The molecule has 2 atom stereocenters. The Morgan fingerprint density at radius 2 is 1.70 bits per heavy atom. The molecule has 128 valence electrons. The number of benzene rings is 1. The molecule has 0 saturated carbocycles. The number of nitrogens with one attached hydrogen (secondary N) is 2. The quantitative estimate of drug-likeness (QED) is 0.536. The summed E-state index contributed by atoms with van der Waals surface area (Å²) in [5.74, 6) is -2.66. The zero-order valence-corrected chi connectivity index (χ0v) is 12.3. The summed E-state index contributed by atoms with van der Waals surface area (Å²) in [6.45, 7) is 0. The summed E-state index contributed by atoms with van der Waals surface area (Å²) >= 11 is 0. The highest BCUT2D eigenvalue weighted by molar-refractivity contribution is 5.87. The Hall–Kier alpha value is -2.41. The number of rotatable bonds is 9. The van der Waals surface area contributed by atoms with E-state index >= 15 is 0 Å². The number of amides is 1. The predicted octanol–water partition coefficient (Wildman–Crippen LogP) is 0.887. The number of aliphatic carboxylic acids is 2. The van der Waals surface area contributed by atoms with Gasteiger partial charge in [-0.15, -0.1) is 0 Å². The lowest BCUT2D eigenvalue weighted by atomic mass is 10.0. The van der Waals surface area contributed by atoms with Crippen LogP contribution in [-0.4, -0.2) is 47.2 Å². The van der Waals surface area contributed by atoms with E-state index in [9.17, 15) is 19.5 Å². The fraction of sp³-hybridized carbons (Fsp3) is 0.438. The van der Waals surface area contributed by atoms with Crippen molar-refractivity contribution in [3.8, 4) is 0 Å². The van der Waals surface area contributed by atoms with Crippen molar-refractivity contribution in [1.29, 1.82) is 0 Å². The minimum Gasteiger partial charge on any atom is -0.481 e. The maximum Gasteiger partial charge on any atom is 0.326 e. The number of hydrogen-bond donors (Lipinski definition) is 4. The molecule has 7 heteroatoms. The van der Waals surface area contributed by atoms with Gasteiger partial charge in [0.05, 0.1) is 6.04 Å². The predicted molar refractivity (Wildman–Crippen MR) is 86.2 cm³/mol. The first-order valence-corrected chi connectivity index (χ1v) is 6.90. The Kier molecular flexibility index (Phi) is 9.26. The maximum absolute atomic E-state index is 12.1. The molecule has 0 bridgehead atoms. The molecule has 0 aliphatic rings. The summed E-state index contributed by atoms with van der Waals surface area (Å²) in [6.07, 6.45) is 0.0853. The number of carboxylic acid groups (broad SMARTS) is 2. The Labute approximate surface area is 135 Å². The standard InChI is InChI=1S/C15H20N2O5.CH4/c1-16-11(7-8-13(18)19)14(20)17-12(15(21)22)9-10-5-3-2-4-6-10;/h2-6,11-12,16H,7-9H2,1H3,(H,17,20)(H,18,19)(H,21,22);1H4. The summed E-state index contributed by atoms with van der Waals surface area (Å²) < 4.78 is 0. The van der Waals surface area contributed by atoms with E-state index in [1.165, 1.54) is 7.05 Å². The van der Waals surface area contributed by atoms with Crippen molar-refractivity contribution in [2.75, 3.05) is 7.05 Å². The van der Waals surface area contributed by atoms with E-state index in [2.05, 4.69) is 10.6 Å². The van der Waals surface area contributed by atoms with Crippen LogP contribution in [0.1, 0.15) is 25.8 Å².